The fourth-order valence-corrected chi connectivity index (χ4v) is 13.1. The number of carbonyl (C=O) groups is 2. The van der Waals surface area contributed by atoms with Crippen molar-refractivity contribution in [2.75, 3.05) is 6.16 Å². The van der Waals surface area contributed by atoms with Crippen LogP contribution in [0.1, 0.15) is 22.8 Å². The van der Waals surface area contributed by atoms with Crippen molar-refractivity contribution >= 4 is 52.9 Å². The molecule has 2 aliphatic rings. The summed E-state index contributed by atoms with van der Waals surface area (Å²) in [6.07, 6.45) is 1.65. The normalized spacial score (nSPS) is 17.7. The molecule has 2 heterocycles. The van der Waals surface area contributed by atoms with Crippen molar-refractivity contribution in [1.29, 1.82) is 0 Å². The molecule has 0 radical (unpaired) electrons. The average Bonchev–Trinajstić information content (AvgIpc) is 3.23. The molecule has 2 aliphatic heterocycles. The van der Waals surface area contributed by atoms with E-state index in [1.165, 1.54) is 11.8 Å². The van der Waals surface area contributed by atoms with Crippen LogP contribution in [0.25, 0.3) is 6.08 Å². The number of esters is 1. The van der Waals surface area contributed by atoms with Crippen LogP contribution in [0, 0.1) is 0 Å². The first-order chi connectivity index (χ1) is 26.0. The molecule has 2 atom stereocenters. The van der Waals surface area contributed by atoms with Crippen LogP contribution < -0.4 is 21.6 Å². The number of nitrogens with zero attached hydrogens (tertiary/aromatic N) is 1. The summed E-state index contributed by atoms with van der Waals surface area (Å²) in [5.41, 5.74) is 11.4. The summed E-state index contributed by atoms with van der Waals surface area (Å²) in [5, 5.41) is 2.44. The molecule has 6 aromatic rings. The van der Waals surface area contributed by atoms with E-state index >= 15 is 4.79 Å². The van der Waals surface area contributed by atoms with Crippen LogP contribution in [0.2, 0.25) is 0 Å². The van der Waals surface area contributed by atoms with Gasteiger partial charge in [0.05, 0.1) is 17.1 Å². The van der Waals surface area contributed by atoms with E-state index in [9.17, 15) is 4.79 Å². The Morgan fingerprint density at radius 2 is 1.08 bits per heavy atom. The van der Waals surface area contributed by atoms with Gasteiger partial charge in [-0.1, -0.05) is 146 Å². The molecule has 0 bridgehead atoms. The van der Waals surface area contributed by atoms with Gasteiger partial charge in [-0.3, -0.25) is 9.69 Å². The standard InChI is InChI=1S/C46H38N2O3PS/c47-43-40(32-52(36-25-13-4-14-26-36,37-27-15-5-16-28-37)38-29-17-6-18-30-38)41(48-44(49)39(45(48)53-43)31-33-19-7-1-8-20-33)46(50)51-42(34-21-9-2-10-22-34)35-23-11-3-12-24-35/h1-31,42-43,45H,32,47H2/q+1/t43?,45-/m1/s1. The van der Waals surface area contributed by atoms with E-state index in [0.29, 0.717) is 17.3 Å². The topological polar surface area (TPSA) is 72.6 Å². The van der Waals surface area contributed by atoms with Crippen LogP contribution in [0.5, 0.6) is 0 Å². The first kappa shape index (κ1) is 34.6. The first-order valence-electron chi connectivity index (χ1n) is 17.6. The second kappa shape index (κ2) is 15.2. The highest BCUT2D eigenvalue weighted by Gasteiger charge is 2.56. The third kappa shape index (κ3) is 6.66. The molecule has 1 amide bonds. The monoisotopic (exact) mass is 729 g/mol. The average molecular weight is 730 g/mol. The molecule has 5 nitrogen and oxygen atoms in total. The van der Waals surface area contributed by atoms with Crippen molar-refractivity contribution in [2.24, 2.45) is 5.73 Å². The molecule has 0 saturated carbocycles. The molecule has 2 N–H and O–H groups in total. The van der Waals surface area contributed by atoms with Crippen molar-refractivity contribution in [3.05, 3.63) is 216 Å². The van der Waals surface area contributed by atoms with E-state index in [4.69, 9.17) is 10.5 Å². The lowest BCUT2D eigenvalue weighted by atomic mass is 9.98. The minimum Gasteiger partial charge on any atom is -0.448 e. The molecule has 7 heteroatoms. The molecule has 6 aromatic carbocycles. The number of nitrogens with two attached hydrogens (primary N) is 1. The molecule has 260 valence electrons. The number of amides is 1. The van der Waals surface area contributed by atoms with Gasteiger partial charge >= 0.3 is 5.97 Å². The predicted octanol–water partition coefficient (Wildman–Crippen LogP) is 7.85. The summed E-state index contributed by atoms with van der Waals surface area (Å²) in [6, 6.07) is 60.7. The number of fused-ring (bicyclic) bond motifs is 1. The number of hydrogen-bond acceptors (Lipinski definition) is 5. The zero-order valence-corrected chi connectivity index (χ0v) is 30.7. The lowest BCUT2D eigenvalue weighted by Crippen LogP contribution is -2.59. The predicted molar refractivity (Wildman–Crippen MR) is 218 cm³/mol. The van der Waals surface area contributed by atoms with Gasteiger partial charge in [-0.05, 0) is 59.2 Å². The van der Waals surface area contributed by atoms with Crippen LogP contribution in [0.4, 0.5) is 0 Å². The zero-order chi connectivity index (χ0) is 36.2. The number of carbonyl (C=O) groups excluding carboxylic acids is 2. The highest BCUT2D eigenvalue weighted by atomic mass is 32.2. The fourth-order valence-electron chi connectivity index (χ4n) is 7.31. The van der Waals surface area contributed by atoms with Crippen LogP contribution in [-0.2, 0) is 14.3 Å². The van der Waals surface area contributed by atoms with Crippen molar-refractivity contribution in [3.63, 3.8) is 0 Å². The van der Waals surface area contributed by atoms with Gasteiger partial charge in [-0.2, -0.15) is 0 Å². The van der Waals surface area contributed by atoms with Gasteiger partial charge in [0.2, 0.25) is 0 Å². The second-order valence-electron chi connectivity index (χ2n) is 13.0. The zero-order valence-electron chi connectivity index (χ0n) is 28.9. The van der Waals surface area contributed by atoms with E-state index in [2.05, 4.69) is 72.8 Å². The SMILES string of the molecule is NC1S[C@@H]2C(=Cc3ccccc3)C(=O)N2C(C(=O)OC(c2ccccc2)c2ccccc2)=C1C[P+](c1ccccc1)(c1ccccc1)c1ccccc1. The number of rotatable bonds is 10. The maximum atomic E-state index is 15.1. The van der Waals surface area contributed by atoms with Crippen molar-refractivity contribution < 1.29 is 14.3 Å². The van der Waals surface area contributed by atoms with Crippen molar-refractivity contribution in [3.8, 4) is 0 Å². The van der Waals surface area contributed by atoms with Gasteiger partial charge in [0.25, 0.3) is 5.91 Å². The first-order valence-corrected chi connectivity index (χ1v) is 20.6. The Morgan fingerprint density at radius 1 is 0.660 bits per heavy atom. The molecule has 0 aromatic heterocycles. The van der Waals surface area contributed by atoms with Crippen LogP contribution in [-0.4, -0.2) is 33.7 Å². The van der Waals surface area contributed by atoms with Gasteiger partial charge in [-0.25, -0.2) is 4.79 Å². The third-order valence-electron chi connectivity index (χ3n) is 9.87. The van der Waals surface area contributed by atoms with Crippen LogP contribution in [0.15, 0.2) is 199 Å². The second-order valence-corrected chi connectivity index (χ2v) is 17.8. The number of benzene rings is 6. The Kier molecular flexibility index (Phi) is 9.92. The van der Waals surface area contributed by atoms with Gasteiger partial charge in [0.1, 0.15) is 34.2 Å². The van der Waals surface area contributed by atoms with E-state index in [1.807, 2.05) is 115 Å². The molecule has 1 saturated heterocycles. The number of β-lactam (4-membered cyclic amide) rings is 1. The van der Waals surface area contributed by atoms with Crippen LogP contribution in [0.3, 0.4) is 0 Å². The maximum absolute atomic E-state index is 15.1. The Balaban J connectivity index is 1.32. The summed E-state index contributed by atoms with van der Waals surface area (Å²) in [6.45, 7) is 0. The third-order valence-corrected chi connectivity index (χ3v) is 15.5. The Hall–Kier alpha value is -5.52. The van der Waals surface area contributed by atoms with E-state index in [1.54, 1.807) is 4.90 Å². The highest BCUT2D eigenvalue weighted by molar-refractivity contribution is 8.01. The number of ether oxygens (including phenoxy) is 1. The molecule has 1 fully saturated rings. The molecule has 1 unspecified atom stereocenters. The van der Waals surface area contributed by atoms with E-state index in [0.717, 1.165) is 32.6 Å². The lowest BCUT2D eigenvalue weighted by Gasteiger charge is -2.48. The Labute approximate surface area is 315 Å². The molecular formula is C46H38N2O3PS+. The van der Waals surface area contributed by atoms with E-state index in [-0.39, 0.29) is 11.6 Å². The molecule has 8 rings (SSSR count). The number of thioether (sulfide) groups is 1. The molecular weight excluding hydrogens is 692 g/mol. The summed E-state index contributed by atoms with van der Waals surface area (Å²) >= 11 is 1.50. The highest BCUT2D eigenvalue weighted by Crippen LogP contribution is 2.59. The van der Waals surface area contributed by atoms with Gasteiger partial charge in [0.15, 0.2) is 6.10 Å². The minimum atomic E-state index is -2.51. The molecule has 53 heavy (non-hydrogen) atoms. The maximum Gasteiger partial charge on any atom is 0.356 e. The fraction of sp³-hybridized carbons (Fsp3) is 0.0870. The lowest BCUT2D eigenvalue weighted by molar-refractivity contribution is -0.149. The smallest absolute Gasteiger partial charge is 0.356 e. The Morgan fingerprint density at radius 3 is 1.53 bits per heavy atom. The summed E-state index contributed by atoms with van der Waals surface area (Å²) in [7, 11) is -2.51. The quantitative estimate of drug-likeness (QED) is 0.0674. The largest absolute Gasteiger partial charge is 0.448 e. The van der Waals surface area contributed by atoms with Crippen LogP contribution >= 0.6 is 19.0 Å². The summed E-state index contributed by atoms with van der Waals surface area (Å²) < 4.78 is 6.56. The Bertz CT molecular complexity index is 2130. The van der Waals surface area contributed by atoms with Crippen molar-refractivity contribution in [2.45, 2.75) is 16.9 Å². The number of hydrogen-bond donors (Lipinski definition) is 1. The summed E-state index contributed by atoms with van der Waals surface area (Å²) in [5.74, 6) is -0.792. The van der Waals surface area contributed by atoms with Gasteiger partial charge in [-0.15, -0.1) is 11.8 Å². The van der Waals surface area contributed by atoms with Crippen molar-refractivity contribution in [1.82, 2.24) is 4.90 Å². The minimum absolute atomic E-state index is 0.221. The van der Waals surface area contributed by atoms with E-state index < -0.39 is 30.1 Å². The molecule has 0 aliphatic carbocycles. The summed E-state index contributed by atoms with van der Waals surface area (Å²) in [4.78, 5) is 31.0. The van der Waals surface area contributed by atoms with Gasteiger partial charge in [0, 0.05) is 5.57 Å². The van der Waals surface area contributed by atoms with Gasteiger partial charge < -0.3 is 10.5 Å². The molecule has 0 spiro atoms.